The van der Waals surface area contributed by atoms with Gasteiger partial charge in [0.25, 0.3) is 0 Å². The molecule has 1 aliphatic heterocycles. The lowest BCUT2D eigenvalue weighted by atomic mass is 9.93. The van der Waals surface area contributed by atoms with Crippen LogP contribution in [0.25, 0.3) is 0 Å². The SMILES string of the molecule is CCCCC1CN(C(C)C)CC1C. The van der Waals surface area contributed by atoms with Crippen molar-refractivity contribution in [1.29, 1.82) is 0 Å². The lowest BCUT2D eigenvalue weighted by Crippen LogP contribution is -2.28. The Bertz CT molecular complexity index is 142. The van der Waals surface area contributed by atoms with E-state index in [1.54, 1.807) is 0 Å². The van der Waals surface area contributed by atoms with Crippen LogP contribution in [0.3, 0.4) is 0 Å². The van der Waals surface area contributed by atoms with E-state index < -0.39 is 0 Å². The van der Waals surface area contributed by atoms with Crippen LogP contribution >= 0.6 is 0 Å². The molecule has 0 amide bonds. The third kappa shape index (κ3) is 2.98. The van der Waals surface area contributed by atoms with E-state index in [1.165, 1.54) is 32.4 Å². The van der Waals surface area contributed by atoms with Gasteiger partial charge < -0.3 is 4.90 Å². The molecule has 0 aromatic carbocycles. The zero-order valence-corrected chi connectivity index (χ0v) is 9.71. The first-order valence-electron chi connectivity index (χ1n) is 5.89. The molecule has 1 fully saturated rings. The number of nitrogens with zero attached hydrogens (tertiary/aromatic N) is 1. The third-order valence-electron chi connectivity index (χ3n) is 3.46. The average Bonchev–Trinajstić information content (AvgIpc) is 2.44. The topological polar surface area (TPSA) is 3.24 Å². The molecule has 1 heteroatoms. The summed E-state index contributed by atoms with van der Waals surface area (Å²) in [5, 5.41) is 0. The van der Waals surface area contributed by atoms with Crippen LogP contribution in [-0.4, -0.2) is 24.0 Å². The first-order chi connectivity index (χ1) is 6.15. The van der Waals surface area contributed by atoms with Crippen LogP contribution in [0, 0.1) is 11.8 Å². The molecule has 2 atom stereocenters. The van der Waals surface area contributed by atoms with Crippen LogP contribution in [0.5, 0.6) is 0 Å². The van der Waals surface area contributed by atoms with Crippen molar-refractivity contribution in [1.82, 2.24) is 4.90 Å². The Morgan fingerprint density at radius 3 is 2.46 bits per heavy atom. The Kier molecular flexibility index (Phi) is 4.24. The first kappa shape index (κ1) is 11.0. The van der Waals surface area contributed by atoms with Crippen molar-refractivity contribution < 1.29 is 0 Å². The van der Waals surface area contributed by atoms with Gasteiger partial charge in [-0.15, -0.1) is 0 Å². The summed E-state index contributed by atoms with van der Waals surface area (Å²) in [4.78, 5) is 2.63. The second kappa shape index (κ2) is 4.99. The van der Waals surface area contributed by atoms with Gasteiger partial charge in [-0.1, -0.05) is 26.7 Å². The highest BCUT2D eigenvalue weighted by Gasteiger charge is 2.29. The van der Waals surface area contributed by atoms with Crippen LogP contribution in [-0.2, 0) is 0 Å². The molecule has 78 valence electrons. The van der Waals surface area contributed by atoms with Crippen LogP contribution in [0.1, 0.15) is 47.0 Å². The monoisotopic (exact) mass is 183 g/mol. The molecule has 0 aromatic heterocycles. The molecule has 0 N–H and O–H groups in total. The summed E-state index contributed by atoms with van der Waals surface area (Å²) >= 11 is 0. The number of unbranched alkanes of at least 4 members (excludes halogenated alkanes) is 1. The minimum atomic E-state index is 0.745. The van der Waals surface area contributed by atoms with Gasteiger partial charge in [0.2, 0.25) is 0 Å². The van der Waals surface area contributed by atoms with Gasteiger partial charge in [-0.3, -0.25) is 0 Å². The normalized spacial score (nSPS) is 30.2. The lowest BCUT2D eigenvalue weighted by molar-refractivity contribution is 0.260. The van der Waals surface area contributed by atoms with E-state index in [4.69, 9.17) is 0 Å². The largest absolute Gasteiger partial charge is 0.300 e. The molecular formula is C12H25N. The molecule has 1 rings (SSSR count). The quantitative estimate of drug-likeness (QED) is 0.647. The van der Waals surface area contributed by atoms with Gasteiger partial charge in [-0.2, -0.15) is 0 Å². The van der Waals surface area contributed by atoms with Crippen molar-refractivity contribution in [3.05, 3.63) is 0 Å². The van der Waals surface area contributed by atoms with E-state index in [0.29, 0.717) is 0 Å². The van der Waals surface area contributed by atoms with Crippen LogP contribution in [0.15, 0.2) is 0 Å². The molecule has 1 nitrogen and oxygen atoms in total. The Balaban J connectivity index is 2.33. The first-order valence-corrected chi connectivity index (χ1v) is 5.89. The number of rotatable bonds is 4. The molecule has 2 unspecified atom stereocenters. The average molecular weight is 183 g/mol. The summed E-state index contributed by atoms with van der Waals surface area (Å²) in [7, 11) is 0. The van der Waals surface area contributed by atoms with Crippen molar-refractivity contribution >= 4 is 0 Å². The minimum Gasteiger partial charge on any atom is -0.300 e. The zero-order valence-electron chi connectivity index (χ0n) is 9.71. The van der Waals surface area contributed by atoms with Crippen LogP contribution < -0.4 is 0 Å². The molecule has 1 aliphatic rings. The van der Waals surface area contributed by atoms with E-state index in [9.17, 15) is 0 Å². The maximum absolute atomic E-state index is 2.63. The Labute approximate surface area is 83.5 Å². The fraction of sp³-hybridized carbons (Fsp3) is 1.00. The molecule has 1 heterocycles. The van der Waals surface area contributed by atoms with E-state index in [2.05, 4.69) is 32.6 Å². The van der Waals surface area contributed by atoms with Gasteiger partial charge in [0, 0.05) is 19.1 Å². The maximum Gasteiger partial charge on any atom is 0.00388 e. The molecule has 0 aromatic rings. The highest BCUT2D eigenvalue weighted by Crippen LogP contribution is 2.28. The Hall–Kier alpha value is -0.0400. The molecule has 13 heavy (non-hydrogen) atoms. The fourth-order valence-electron chi connectivity index (χ4n) is 2.34. The molecule has 1 saturated heterocycles. The van der Waals surface area contributed by atoms with E-state index >= 15 is 0 Å². The maximum atomic E-state index is 2.63. The number of hydrogen-bond donors (Lipinski definition) is 0. The van der Waals surface area contributed by atoms with Crippen molar-refractivity contribution in [2.45, 2.75) is 53.0 Å². The summed E-state index contributed by atoms with van der Waals surface area (Å²) in [6.07, 6.45) is 4.22. The van der Waals surface area contributed by atoms with Crippen LogP contribution in [0.4, 0.5) is 0 Å². The molecule has 0 bridgehead atoms. The molecule has 0 spiro atoms. The Morgan fingerprint density at radius 2 is 2.00 bits per heavy atom. The summed E-state index contributed by atoms with van der Waals surface area (Å²) in [5.41, 5.74) is 0. The number of likely N-dealkylation sites (tertiary alicyclic amines) is 1. The van der Waals surface area contributed by atoms with E-state index in [-0.39, 0.29) is 0 Å². The summed E-state index contributed by atoms with van der Waals surface area (Å²) in [5.74, 6) is 1.90. The van der Waals surface area contributed by atoms with E-state index in [0.717, 1.165) is 17.9 Å². The smallest absolute Gasteiger partial charge is 0.00388 e. The van der Waals surface area contributed by atoms with Crippen molar-refractivity contribution in [3.8, 4) is 0 Å². The molecule has 0 radical (unpaired) electrons. The van der Waals surface area contributed by atoms with Gasteiger partial charge >= 0.3 is 0 Å². The van der Waals surface area contributed by atoms with Gasteiger partial charge in [-0.05, 0) is 32.1 Å². The van der Waals surface area contributed by atoms with Crippen molar-refractivity contribution in [2.24, 2.45) is 11.8 Å². The van der Waals surface area contributed by atoms with Gasteiger partial charge in [0.1, 0.15) is 0 Å². The summed E-state index contributed by atoms with van der Waals surface area (Å²) < 4.78 is 0. The van der Waals surface area contributed by atoms with E-state index in [1.807, 2.05) is 0 Å². The third-order valence-corrected chi connectivity index (χ3v) is 3.46. The van der Waals surface area contributed by atoms with Gasteiger partial charge in [-0.25, -0.2) is 0 Å². The minimum absolute atomic E-state index is 0.745. The molecule has 0 aliphatic carbocycles. The lowest BCUT2D eigenvalue weighted by Gasteiger charge is -2.20. The summed E-state index contributed by atoms with van der Waals surface area (Å²) in [6.45, 7) is 12.0. The Morgan fingerprint density at radius 1 is 1.31 bits per heavy atom. The van der Waals surface area contributed by atoms with Crippen molar-refractivity contribution in [3.63, 3.8) is 0 Å². The van der Waals surface area contributed by atoms with Crippen LogP contribution in [0.2, 0.25) is 0 Å². The number of hydrogen-bond acceptors (Lipinski definition) is 1. The summed E-state index contributed by atoms with van der Waals surface area (Å²) in [6, 6.07) is 0.745. The van der Waals surface area contributed by atoms with Gasteiger partial charge in [0.15, 0.2) is 0 Å². The zero-order chi connectivity index (χ0) is 9.84. The van der Waals surface area contributed by atoms with Gasteiger partial charge in [0.05, 0.1) is 0 Å². The predicted molar refractivity (Wildman–Crippen MR) is 58.9 cm³/mol. The van der Waals surface area contributed by atoms with Crippen molar-refractivity contribution in [2.75, 3.05) is 13.1 Å². The second-order valence-electron chi connectivity index (χ2n) is 4.93. The predicted octanol–water partition coefficient (Wildman–Crippen LogP) is 3.15. The second-order valence-corrected chi connectivity index (χ2v) is 4.93. The highest BCUT2D eigenvalue weighted by atomic mass is 15.2. The molecule has 0 saturated carbocycles. The molecular weight excluding hydrogens is 158 g/mol. The highest BCUT2D eigenvalue weighted by molar-refractivity contribution is 4.82. The standard InChI is InChI=1S/C12H25N/c1-5-6-7-12-9-13(10(2)3)8-11(12)4/h10-12H,5-9H2,1-4H3. The fourth-order valence-corrected chi connectivity index (χ4v) is 2.34.